The van der Waals surface area contributed by atoms with Gasteiger partial charge in [-0.1, -0.05) is 30.3 Å². The van der Waals surface area contributed by atoms with E-state index in [0.717, 1.165) is 18.1 Å². The molecule has 2 heterocycles. The van der Waals surface area contributed by atoms with Gasteiger partial charge in [-0.15, -0.1) is 0 Å². The first-order valence-corrected chi connectivity index (χ1v) is 6.19. The van der Waals surface area contributed by atoms with E-state index in [9.17, 15) is 0 Å². The molecule has 1 aromatic heterocycles. The topological polar surface area (TPSA) is 47.3 Å². The van der Waals surface area contributed by atoms with E-state index in [1.165, 1.54) is 5.56 Å². The number of aromatic nitrogens is 1. The first-order chi connectivity index (χ1) is 8.84. The highest BCUT2D eigenvalue weighted by Gasteiger charge is 2.27. The van der Waals surface area contributed by atoms with Gasteiger partial charge in [0.05, 0.1) is 19.3 Å². The summed E-state index contributed by atoms with van der Waals surface area (Å²) in [5.74, 6) is 2.26. The van der Waals surface area contributed by atoms with Crippen LogP contribution < -0.4 is 10.1 Å². The molecule has 2 unspecified atom stereocenters. The Morgan fingerprint density at radius 2 is 2.22 bits per heavy atom. The molecule has 0 radical (unpaired) electrons. The van der Waals surface area contributed by atoms with Gasteiger partial charge in [0.2, 0.25) is 0 Å². The number of fused-ring (bicyclic) bond motifs is 1. The van der Waals surface area contributed by atoms with Gasteiger partial charge < -0.3 is 14.6 Å². The fraction of sp³-hybridized carbons (Fsp3) is 0.357. The van der Waals surface area contributed by atoms with Crippen molar-refractivity contribution in [2.75, 3.05) is 6.61 Å². The lowest BCUT2D eigenvalue weighted by Crippen LogP contribution is -2.33. The fourth-order valence-electron chi connectivity index (χ4n) is 2.35. The van der Waals surface area contributed by atoms with Gasteiger partial charge >= 0.3 is 0 Å². The van der Waals surface area contributed by atoms with Gasteiger partial charge in [-0.3, -0.25) is 0 Å². The lowest BCUT2D eigenvalue weighted by molar-refractivity contribution is 0.185. The van der Waals surface area contributed by atoms with Crippen molar-refractivity contribution >= 4 is 0 Å². The number of hydrogen-bond acceptors (Lipinski definition) is 4. The highest BCUT2D eigenvalue weighted by molar-refractivity contribution is 5.37. The molecule has 18 heavy (non-hydrogen) atoms. The van der Waals surface area contributed by atoms with E-state index in [1.807, 2.05) is 24.3 Å². The van der Waals surface area contributed by atoms with Crippen molar-refractivity contribution in [2.24, 2.45) is 5.92 Å². The second kappa shape index (κ2) is 4.82. The summed E-state index contributed by atoms with van der Waals surface area (Å²) in [4.78, 5) is 0. The van der Waals surface area contributed by atoms with E-state index in [4.69, 9.17) is 9.26 Å². The third-order valence-electron chi connectivity index (χ3n) is 3.31. The lowest BCUT2D eigenvalue weighted by atomic mass is 9.92. The SMILES string of the molecule is CC1COc2ccccc2C1NCc1ccno1. The summed E-state index contributed by atoms with van der Waals surface area (Å²) in [6.07, 6.45) is 1.67. The number of rotatable bonds is 3. The molecular weight excluding hydrogens is 228 g/mol. The van der Waals surface area contributed by atoms with Crippen molar-refractivity contribution in [2.45, 2.75) is 19.5 Å². The second-order valence-corrected chi connectivity index (χ2v) is 4.66. The third-order valence-corrected chi connectivity index (χ3v) is 3.31. The molecule has 0 amide bonds. The van der Waals surface area contributed by atoms with E-state index in [2.05, 4.69) is 23.5 Å². The summed E-state index contributed by atoms with van der Waals surface area (Å²) >= 11 is 0. The quantitative estimate of drug-likeness (QED) is 0.901. The summed E-state index contributed by atoms with van der Waals surface area (Å²) in [5.41, 5.74) is 1.22. The van der Waals surface area contributed by atoms with Crippen LogP contribution in [0.3, 0.4) is 0 Å². The molecule has 94 valence electrons. The van der Waals surface area contributed by atoms with E-state index in [-0.39, 0.29) is 0 Å². The molecule has 0 saturated carbocycles. The van der Waals surface area contributed by atoms with Crippen LogP contribution in [-0.2, 0) is 6.54 Å². The fourth-order valence-corrected chi connectivity index (χ4v) is 2.35. The number of para-hydroxylation sites is 1. The monoisotopic (exact) mass is 244 g/mol. The first-order valence-electron chi connectivity index (χ1n) is 6.19. The van der Waals surface area contributed by atoms with Crippen molar-refractivity contribution in [3.8, 4) is 5.75 Å². The van der Waals surface area contributed by atoms with E-state index in [0.29, 0.717) is 18.5 Å². The average Bonchev–Trinajstić information content (AvgIpc) is 2.91. The molecule has 0 fully saturated rings. The zero-order valence-electron chi connectivity index (χ0n) is 10.3. The summed E-state index contributed by atoms with van der Waals surface area (Å²) < 4.78 is 10.8. The molecule has 1 aliphatic heterocycles. The van der Waals surface area contributed by atoms with Gasteiger partial charge in [-0.05, 0) is 6.07 Å². The Hall–Kier alpha value is -1.81. The number of benzene rings is 1. The minimum absolute atomic E-state index is 0.292. The molecule has 1 N–H and O–H groups in total. The second-order valence-electron chi connectivity index (χ2n) is 4.66. The standard InChI is InChI=1S/C14H16N2O2/c1-10-9-17-13-5-3-2-4-12(13)14(10)15-8-11-6-7-16-18-11/h2-7,10,14-15H,8-9H2,1H3. The Morgan fingerprint density at radius 3 is 3.06 bits per heavy atom. The predicted octanol–water partition coefficient (Wildman–Crippen LogP) is 2.53. The molecule has 0 spiro atoms. The molecule has 4 nitrogen and oxygen atoms in total. The molecule has 4 heteroatoms. The Kier molecular flexibility index (Phi) is 3.02. The number of ether oxygens (including phenoxy) is 1. The van der Waals surface area contributed by atoms with Crippen LogP contribution in [0.15, 0.2) is 41.1 Å². The maximum absolute atomic E-state index is 5.73. The van der Waals surface area contributed by atoms with Gasteiger partial charge in [0, 0.05) is 23.6 Å². The van der Waals surface area contributed by atoms with E-state index in [1.54, 1.807) is 6.20 Å². The summed E-state index contributed by atoms with van der Waals surface area (Å²) in [6.45, 7) is 3.61. The third kappa shape index (κ3) is 2.11. The zero-order chi connectivity index (χ0) is 12.4. The molecule has 1 aromatic carbocycles. The Labute approximate surface area is 106 Å². The van der Waals surface area contributed by atoms with Crippen molar-refractivity contribution < 1.29 is 9.26 Å². The lowest BCUT2D eigenvalue weighted by Gasteiger charge is -2.32. The molecule has 0 saturated heterocycles. The minimum Gasteiger partial charge on any atom is -0.493 e. The van der Waals surface area contributed by atoms with E-state index < -0.39 is 0 Å². The van der Waals surface area contributed by atoms with Crippen molar-refractivity contribution in [1.82, 2.24) is 10.5 Å². The van der Waals surface area contributed by atoms with Crippen LogP contribution in [0.4, 0.5) is 0 Å². The maximum atomic E-state index is 5.73. The molecule has 0 aliphatic carbocycles. The summed E-state index contributed by atoms with van der Waals surface area (Å²) in [6, 6.07) is 10.3. The smallest absolute Gasteiger partial charge is 0.150 e. The molecular formula is C14H16N2O2. The largest absolute Gasteiger partial charge is 0.493 e. The number of nitrogens with one attached hydrogen (secondary N) is 1. The van der Waals surface area contributed by atoms with Crippen LogP contribution in [0.25, 0.3) is 0 Å². The average molecular weight is 244 g/mol. The predicted molar refractivity (Wildman–Crippen MR) is 67.2 cm³/mol. The number of hydrogen-bond donors (Lipinski definition) is 1. The van der Waals surface area contributed by atoms with Crippen molar-refractivity contribution in [3.05, 3.63) is 47.9 Å². The zero-order valence-corrected chi connectivity index (χ0v) is 10.3. The van der Waals surface area contributed by atoms with Crippen molar-refractivity contribution in [1.29, 1.82) is 0 Å². The molecule has 2 aromatic rings. The van der Waals surface area contributed by atoms with Crippen LogP contribution in [0.5, 0.6) is 5.75 Å². The maximum Gasteiger partial charge on any atom is 0.150 e. The first kappa shape index (κ1) is 11.3. The van der Waals surface area contributed by atoms with Gasteiger partial charge in [0.15, 0.2) is 0 Å². The Bertz CT molecular complexity index is 510. The Morgan fingerprint density at radius 1 is 1.33 bits per heavy atom. The van der Waals surface area contributed by atoms with Gasteiger partial charge in [0.1, 0.15) is 11.5 Å². The summed E-state index contributed by atoms with van der Waals surface area (Å²) in [7, 11) is 0. The Balaban J connectivity index is 1.78. The van der Waals surface area contributed by atoms with Gasteiger partial charge in [-0.2, -0.15) is 0 Å². The van der Waals surface area contributed by atoms with Crippen LogP contribution in [0, 0.1) is 5.92 Å². The molecule has 1 aliphatic rings. The highest BCUT2D eigenvalue weighted by atomic mass is 16.5. The summed E-state index contributed by atoms with van der Waals surface area (Å²) in [5, 5.41) is 7.23. The van der Waals surface area contributed by atoms with Crippen molar-refractivity contribution in [3.63, 3.8) is 0 Å². The van der Waals surface area contributed by atoms with Crippen LogP contribution in [0.1, 0.15) is 24.3 Å². The molecule has 0 bridgehead atoms. The van der Waals surface area contributed by atoms with Gasteiger partial charge in [-0.25, -0.2) is 0 Å². The highest BCUT2D eigenvalue weighted by Crippen LogP contribution is 2.35. The van der Waals surface area contributed by atoms with Gasteiger partial charge in [0.25, 0.3) is 0 Å². The van der Waals surface area contributed by atoms with Crippen LogP contribution >= 0.6 is 0 Å². The van der Waals surface area contributed by atoms with Crippen LogP contribution in [0.2, 0.25) is 0 Å². The molecule has 3 rings (SSSR count). The van der Waals surface area contributed by atoms with Crippen LogP contribution in [-0.4, -0.2) is 11.8 Å². The molecule has 2 atom stereocenters. The normalized spacial score (nSPS) is 22.3. The minimum atomic E-state index is 0.292. The van der Waals surface area contributed by atoms with E-state index >= 15 is 0 Å². The number of nitrogens with zero attached hydrogens (tertiary/aromatic N) is 1.